The molecule has 0 bridgehead atoms. The van der Waals surface area contributed by atoms with Crippen LogP contribution in [0.1, 0.15) is 63.6 Å². The Balaban J connectivity index is 1.45. The lowest BCUT2D eigenvalue weighted by Crippen LogP contribution is -2.45. The monoisotopic (exact) mass is 424 g/mol. The number of carbonyl (C=O) groups excluding carboxylic acids is 3. The van der Waals surface area contributed by atoms with Crippen molar-refractivity contribution in [3.05, 3.63) is 58.9 Å². The van der Waals surface area contributed by atoms with Crippen molar-refractivity contribution < 1.29 is 19.5 Å². The molecule has 1 fully saturated rings. The van der Waals surface area contributed by atoms with E-state index < -0.39 is 5.91 Å². The van der Waals surface area contributed by atoms with E-state index in [0.29, 0.717) is 45.3 Å². The highest BCUT2D eigenvalue weighted by Crippen LogP contribution is 2.32. The summed E-state index contributed by atoms with van der Waals surface area (Å²) < 4.78 is 0. The van der Waals surface area contributed by atoms with Gasteiger partial charge in [0.25, 0.3) is 5.91 Å². The van der Waals surface area contributed by atoms with Gasteiger partial charge >= 0.3 is 0 Å². The predicted octanol–water partition coefficient (Wildman–Crippen LogP) is 1.52. The van der Waals surface area contributed by atoms with Crippen LogP contribution < -0.4 is 11.1 Å². The Morgan fingerprint density at radius 1 is 1.16 bits per heavy atom. The van der Waals surface area contributed by atoms with Crippen LogP contribution in [0.3, 0.4) is 0 Å². The van der Waals surface area contributed by atoms with E-state index in [1.165, 1.54) is 12.3 Å². The average molecular weight is 425 g/mol. The van der Waals surface area contributed by atoms with Gasteiger partial charge in [0.2, 0.25) is 11.8 Å². The number of nitrogens with two attached hydrogens (primary N) is 1. The summed E-state index contributed by atoms with van der Waals surface area (Å²) >= 11 is 0. The first kappa shape index (κ1) is 21.1. The molecule has 1 aromatic heterocycles. The third-order valence-corrected chi connectivity index (χ3v) is 6.38. The van der Waals surface area contributed by atoms with E-state index in [-0.39, 0.29) is 41.0 Å². The Kier molecular flexibility index (Phi) is 6.08. The van der Waals surface area contributed by atoms with E-state index in [4.69, 9.17) is 5.73 Å². The Hall–Kier alpha value is -3.13. The van der Waals surface area contributed by atoms with Gasteiger partial charge in [-0.1, -0.05) is 24.3 Å². The van der Waals surface area contributed by atoms with E-state index in [1.807, 2.05) is 29.2 Å². The summed E-state index contributed by atoms with van der Waals surface area (Å²) in [6.07, 6.45) is 3.89. The second-order valence-electron chi connectivity index (χ2n) is 8.50. The average Bonchev–Trinajstić information content (AvgIpc) is 3.28. The molecule has 1 aromatic carbocycles. The summed E-state index contributed by atoms with van der Waals surface area (Å²) in [6, 6.07) is 9.43. The first-order chi connectivity index (χ1) is 14.9. The van der Waals surface area contributed by atoms with Crippen LogP contribution in [0.2, 0.25) is 0 Å². The number of aliphatic hydroxyl groups is 1. The Morgan fingerprint density at radius 2 is 1.90 bits per heavy atom. The zero-order chi connectivity index (χ0) is 22.0. The van der Waals surface area contributed by atoms with Crippen LogP contribution in [-0.4, -0.2) is 51.9 Å². The van der Waals surface area contributed by atoms with Crippen LogP contribution in [-0.2, 0) is 11.3 Å². The molecule has 0 spiro atoms. The van der Waals surface area contributed by atoms with Crippen molar-refractivity contribution in [1.82, 2.24) is 15.2 Å². The van der Waals surface area contributed by atoms with Crippen LogP contribution in [0.25, 0.3) is 0 Å². The Morgan fingerprint density at radius 3 is 2.61 bits per heavy atom. The summed E-state index contributed by atoms with van der Waals surface area (Å²) in [6.45, 7) is 1.47. The topological polar surface area (TPSA) is 129 Å². The molecule has 5 N–H and O–H groups in total. The fraction of sp³-hybridized carbons (Fsp3) is 0.435. The maximum atomic E-state index is 13.1. The minimum absolute atomic E-state index is 0.0300. The number of aliphatic hydroxyl groups excluding tert-OH is 1. The van der Waals surface area contributed by atoms with Gasteiger partial charge < -0.3 is 26.0 Å². The molecular formula is C23H28N4O4. The van der Waals surface area contributed by atoms with Gasteiger partial charge in [0, 0.05) is 37.7 Å². The number of rotatable bonds is 5. The quantitative estimate of drug-likeness (QED) is 0.580. The van der Waals surface area contributed by atoms with E-state index in [0.717, 1.165) is 11.1 Å². The van der Waals surface area contributed by atoms with Gasteiger partial charge in [0.05, 0.1) is 11.7 Å². The van der Waals surface area contributed by atoms with Gasteiger partial charge in [-0.2, -0.15) is 0 Å². The maximum Gasteiger partial charge on any atom is 0.267 e. The lowest BCUT2D eigenvalue weighted by atomic mass is 9.84. The molecule has 2 aromatic rings. The summed E-state index contributed by atoms with van der Waals surface area (Å²) in [5.74, 6) is -0.864. The van der Waals surface area contributed by atoms with E-state index in [9.17, 15) is 19.5 Å². The summed E-state index contributed by atoms with van der Waals surface area (Å²) in [5, 5.41) is 12.7. The van der Waals surface area contributed by atoms with Gasteiger partial charge in [-0.3, -0.25) is 14.4 Å². The molecule has 1 atom stereocenters. The van der Waals surface area contributed by atoms with Gasteiger partial charge in [-0.05, 0) is 42.9 Å². The minimum atomic E-state index is -0.596. The molecule has 8 nitrogen and oxygen atoms in total. The number of nitrogens with zero attached hydrogens (tertiary/aromatic N) is 1. The number of carbonyl (C=O) groups is 3. The first-order valence-corrected chi connectivity index (χ1v) is 10.7. The van der Waals surface area contributed by atoms with Gasteiger partial charge in [-0.25, -0.2) is 0 Å². The van der Waals surface area contributed by atoms with Crippen molar-refractivity contribution in [2.24, 2.45) is 11.7 Å². The fourth-order valence-electron chi connectivity index (χ4n) is 4.61. The highest BCUT2D eigenvalue weighted by Gasteiger charge is 2.33. The number of benzene rings is 1. The predicted molar refractivity (Wildman–Crippen MR) is 114 cm³/mol. The molecule has 2 aliphatic rings. The molecule has 1 saturated carbocycles. The molecule has 2 heterocycles. The van der Waals surface area contributed by atoms with Crippen LogP contribution in [0.5, 0.6) is 0 Å². The van der Waals surface area contributed by atoms with Crippen LogP contribution in [0.4, 0.5) is 0 Å². The number of aromatic amines is 1. The largest absolute Gasteiger partial charge is 0.393 e. The number of nitrogens with one attached hydrogen (secondary N) is 2. The zero-order valence-corrected chi connectivity index (χ0v) is 17.3. The number of hydrogen-bond donors (Lipinski definition) is 4. The maximum absolute atomic E-state index is 13.1. The number of aromatic nitrogens is 1. The van der Waals surface area contributed by atoms with Crippen molar-refractivity contribution >= 4 is 17.7 Å². The minimum Gasteiger partial charge on any atom is -0.393 e. The number of amides is 3. The van der Waals surface area contributed by atoms with Crippen molar-refractivity contribution in [2.75, 3.05) is 13.1 Å². The third kappa shape index (κ3) is 4.64. The van der Waals surface area contributed by atoms with Crippen LogP contribution >= 0.6 is 0 Å². The molecule has 0 radical (unpaired) electrons. The van der Waals surface area contributed by atoms with Crippen molar-refractivity contribution in [3.63, 3.8) is 0 Å². The van der Waals surface area contributed by atoms with Gasteiger partial charge in [-0.15, -0.1) is 0 Å². The molecule has 1 aliphatic heterocycles. The first-order valence-electron chi connectivity index (χ1n) is 10.7. The lowest BCUT2D eigenvalue weighted by molar-refractivity contribution is -0.138. The van der Waals surface area contributed by atoms with E-state index in [1.54, 1.807) is 0 Å². The number of primary amides is 1. The summed E-state index contributed by atoms with van der Waals surface area (Å²) in [5.41, 5.74) is 7.99. The molecule has 8 heteroatoms. The second kappa shape index (κ2) is 8.93. The molecule has 0 saturated heterocycles. The van der Waals surface area contributed by atoms with Gasteiger partial charge in [0.15, 0.2) is 0 Å². The van der Waals surface area contributed by atoms with Crippen molar-refractivity contribution in [3.8, 4) is 0 Å². The molecular weight excluding hydrogens is 396 g/mol. The molecule has 1 unspecified atom stereocenters. The Labute approximate surface area is 180 Å². The summed E-state index contributed by atoms with van der Waals surface area (Å²) in [7, 11) is 0. The SMILES string of the molecule is NC(=O)c1c[nH]c(C(=O)NCC2CN(C(=O)C3CCC(O)CC3)Cc3ccccc32)c1. The van der Waals surface area contributed by atoms with Crippen molar-refractivity contribution in [2.45, 2.75) is 44.2 Å². The highest BCUT2D eigenvalue weighted by molar-refractivity contribution is 5.98. The van der Waals surface area contributed by atoms with Crippen LogP contribution in [0.15, 0.2) is 36.5 Å². The molecule has 31 heavy (non-hydrogen) atoms. The number of H-pyrrole nitrogens is 1. The molecule has 3 amide bonds. The third-order valence-electron chi connectivity index (χ3n) is 6.38. The molecule has 4 rings (SSSR count). The summed E-state index contributed by atoms with van der Waals surface area (Å²) in [4.78, 5) is 41.6. The van der Waals surface area contributed by atoms with E-state index in [2.05, 4.69) is 10.3 Å². The number of hydrogen-bond acceptors (Lipinski definition) is 4. The molecule has 164 valence electrons. The van der Waals surface area contributed by atoms with Crippen molar-refractivity contribution in [1.29, 1.82) is 0 Å². The zero-order valence-electron chi connectivity index (χ0n) is 17.3. The molecule has 1 aliphatic carbocycles. The smallest absolute Gasteiger partial charge is 0.267 e. The second-order valence-corrected chi connectivity index (χ2v) is 8.50. The number of fused-ring (bicyclic) bond motifs is 1. The lowest BCUT2D eigenvalue weighted by Gasteiger charge is -2.37. The highest BCUT2D eigenvalue weighted by atomic mass is 16.3. The van der Waals surface area contributed by atoms with Gasteiger partial charge in [0.1, 0.15) is 5.69 Å². The Bertz CT molecular complexity index is 977. The normalized spacial score (nSPS) is 23.1. The van der Waals surface area contributed by atoms with E-state index >= 15 is 0 Å². The fourth-order valence-corrected chi connectivity index (χ4v) is 4.61. The standard InChI is InChI=1S/C23H28N4O4/c24-21(29)16-9-20(25-10-16)22(30)26-11-17-13-27(12-15-3-1-2-4-19(15)17)23(31)14-5-7-18(28)8-6-14/h1-4,9-10,14,17-18,25,28H,5-8,11-13H2,(H2,24,29)(H,26,30). The van der Waals surface area contributed by atoms with Crippen LogP contribution in [0, 0.1) is 5.92 Å².